The minimum atomic E-state index is -0.0649. The van der Waals surface area contributed by atoms with Crippen molar-refractivity contribution in [2.24, 2.45) is 5.41 Å². The van der Waals surface area contributed by atoms with Crippen molar-refractivity contribution in [2.45, 2.75) is 33.2 Å². The van der Waals surface area contributed by atoms with Crippen LogP contribution in [0.1, 0.15) is 37.3 Å². The highest BCUT2D eigenvalue weighted by Gasteiger charge is 2.29. The molecule has 1 amide bonds. The average Bonchev–Trinajstić information content (AvgIpc) is 3.06. The van der Waals surface area contributed by atoms with E-state index in [0.29, 0.717) is 24.7 Å². The molecular formula is C19H22BrNO3S. The van der Waals surface area contributed by atoms with Crippen LogP contribution in [0, 0.1) is 5.41 Å². The molecule has 0 unspecified atom stereocenters. The number of hydrogen-bond acceptors (Lipinski definition) is 4. The van der Waals surface area contributed by atoms with Crippen LogP contribution in [0.4, 0.5) is 0 Å². The lowest BCUT2D eigenvalue weighted by Crippen LogP contribution is -2.37. The summed E-state index contributed by atoms with van der Waals surface area (Å²) in [4.78, 5) is 13.9. The van der Waals surface area contributed by atoms with Gasteiger partial charge in [-0.25, -0.2) is 0 Å². The Hall–Kier alpha value is -1.53. The minimum Gasteiger partial charge on any atom is -0.486 e. The first-order valence-corrected chi connectivity index (χ1v) is 9.92. The molecule has 1 aromatic carbocycles. The Labute approximate surface area is 160 Å². The van der Waals surface area contributed by atoms with Gasteiger partial charge >= 0.3 is 0 Å². The van der Waals surface area contributed by atoms with Crippen molar-refractivity contribution >= 4 is 33.2 Å². The fourth-order valence-electron chi connectivity index (χ4n) is 2.80. The summed E-state index contributed by atoms with van der Waals surface area (Å²) in [5.41, 5.74) is 0.825. The van der Waals surface area contributed by atoms with E-state index in [4.69, 9.17) is 9.47 Å². The molecule has 25 heavy (non-hydrogen) atoms. The van der Waals surface area contributed by atoms with E-state index in [-0.39, 0.29) is 23.8 Å². The summed E-state index contributed by atoms with van der Waals surface area (Å²) in [6, 6.07) is 7.83. The number of carbonyl (C=O) groups is 1. The summed E-state index contributed by atoms with van der Waals surface area (Å²) >= 11 is 5.20. The Morgan fingerprint density at radius 2 is 1.96 bits per heavy atom. The predicted molar refractivity (Wildman–Crippen MR) is 103 cm³/mol. The molecule has 0 spiro atoms. The number of hydrogen-bond donors (Lipinski definition) is 1. The number of nitrogens with one attached hydrogen (secondary N) is 1. The first-order valence-electron chi connectivity index (χ1n) is 8.25. The molecule has 1 aliphatic heterocycles. The van der Waals surface area contributed by atoms with Crippen LogP contribution in [0.3, 0.4) is 0 Å². The molecule has 2 aromatic rings. The lowest BCUT2D eigenvalue weighted by molar-refractivity contribution is -0.122. The fraction of sp³-hybridized carbons (Fsp3) is 0.421. The Morgan fingerprint density at radius 3 is 2.56 bits per heavy atom. The normalized spacial score (nSPS) is 14.9. The van der Waals surface area contributed by atoms with Crippen molar-refractivity contribution < 1.29 is 14.3 Å². The van der Waals surface area contributed by atoms with Crippen molar-refractivity contribution in [3.63, 3.8) is 0 Å². The lowest BCUT2D eigenvalue weighted by atomic mass is 9.85. The zero-order chi connectivity index (χ0) is 18.0. The molecule has 0 radical (unpaired) electrons. The van der Waals surface area contributed by atoms with Gasteiger partial charge in [0.05, 0.1) is 12.5 Å². The second-order valence-electron chi connectivity index (χ2n) is 7.15. The fourth-order valence-corrected chi connectivity index (χ4v) is 4.28. The summed E-state index contributed by atoms with van der Waals surface area (Å²) in [7, 11) is 0. The van der Waals surface area contributed by atoms with Gasteiger partial charge in [0.25, 0.3) is 0 Å². The van der Waals surface area contributed by atoms with Gasteiger partial charge in [-0.05, 0) is 34.6 Å². The number of carbonyl (C=O) groups excluding carboxylic acids is 1. The maximum Gasteiger partial charge on any atom is 0.224 e. The van der Waals surface area contributed by atoms with Gasteiger partial charge in [-0.1, -0.05) is 42.8 Å². The number of fused-ring (bicyclic) bond motifs is 1. The van der Waals surface area contributed by atoms with Gasteiger partial charge in [0, 0.05) is 9.35 Å². The Bertz CT molecular complexity index is 753. The topological polar surface area (TPSA) is 47.6 Å². The van der Waals surface area contributed by atoms with Crippen molar-refractivity contribution in [1.29, 1.82) is 0 Å². The van der Waals surface area contributed by atoms with Gasteiger partial charge in [0.2, 0.25) is 5.91 Å². The van der Waals surface area contributed by atoms with Crippen LogP contribution in [-0.4, -0.2) is 19.1 Å². The SMILES string of the molecule is CC(C)(C)[C@@H](NC(=O)Cc1cc2c(cc1Br)OCCO2)c1cccs1. The van der Waals surface area contributed by atoms with Gasteiger partial charge in [0.15, 0.2) is 11.5 Å². The summed E-state index contributed by atoms with van der Waals surface area (Å²) < 4.78 is 12.0. The second kappa shape index (κ2) is 7.38. The van der Waals surface area contributed by atoms with Crippen molar-refractivity contribution in [2.75, 3.05) is 13.2 Å². The van der Waals surface area contributed by atoms with Crippen LogP contribution < -0.4 is 14.8 Å². The number of benzene rings is 1. The molecule has 0 aliphatic carbocycles. The van der Waals surface area contributed by atoms with E-state index in [1.807, 2.05) is 23.6 Å². The van der Waals surface area contributed by atoms with Crippen molar-refractivity contribution in [1.82, 2.24) is 5.32 Å². The Balaban J connectivity index is 1.75. The minimum absolute atomic E-state index is 0.00861. The van der Waals surface area contributed by atoms with Gasteiger partial charge in [-0.15, -0.1) is 11.3 Å². The highest BCUT2D eigenvalue weighted by molar-refractivity contribution is 9.10. The molecule has 6 heteroatoms. The predicted octanol–water partition coefficient (Wildman–Crippen LogP) is 4.73. The van der Waals surface area contributed by atoms with E-state index < -0.39 is 0 Å². The molecule has 1 aromatic heterocycles. The molecule has 0 saturated heterocycles. The highest BCUT2D eigenvalue weighted by Crippen LogP contribution is 2.37. The molecule has 0 fully saturated rings. The standard InChI is InChI=1S/C19H22BrNO3S/c1-19(2,3)18(16-5-4-8-25-16)21-17(22)10-12-9-14-15(11-13(12)20)24-7-6-23-14/h4-5,8-9,11,18H,6-7,10H2,1-3H3,(H,21,22)/t18-/m0/s1. The van der Waals surface area contributed by atoms with Gasteiger partial charge < -0.3 is 14.8 Å². The third kappa shape index (κ3) is 4.36. The average molecular weight is 424 g/mol. The molecule has 0 bridgehead atoms. The maximum absolute atomic E-state index is 12.7. The van der Waals surface area contributed by atoms with Gasteiger partial charge in [-0.3, -0.25) is 4.79 Å². The molecular weight excluding hydrogens is 402 g/mol. The zero-order valence-electron chi connectivity index (χ0n) is 14.6. The molecule has 134 valence electrons. The second-order valence-corrected chi connectivity index (χ2v) is 8.98. The van der Waals surface area contributed by atoms with Gasteiger partial charge in [-0.2, -0.15) is 0 Å². The summed E-state index contributed by atoms with van der Waals surface area (Å²) in [6.45, 7) is 7.49. The van der Waals surface area contributed by atoms with Crippen LogP contribution in [0.25, 0.3) is 0 Å². The monoisotopic (exact) mass is 423 g/mol. The maximum atomic E-state index is 12.7. The molecule has 3 rings (SSSR count). The van der Waals surface area contributed by atoms with Crippen LogP contribution in [0.2, 0.25) is 0 Å². The third-order valence-corrected chi connectivity index (χ3v) is 5.74. The lowest BCUT2D eigenvalue weighted by Gasteiger charge is -2.31. The van der Waals surface area contributed by atoms with E-state index in [1.165, 1.54) is 4.88 Å². The number of rotatable bonds is 4. The zero-order valence-corrected chi connectivity index (χ0v) is 17.0. The first kappa shape index (κ1) is 18.3. The summed E-state index contributed by atoms with van der Waals surface area (Å²) in [5.74, 6) is 1.40. The van der Waals surface area contributed by atoms with Crippen LogP contribution in [0.15, 0.2) is 34.1 Å². The van der Waals surface area contributed by atoms with Crippen LogP contribution in [0.5, 0.6) is 11.5 Å². The Morgan fingerprint density at radius 1 is 1.28 bits per heavy atom. The number of thiophene rings is 1. The van der Waals surface area contributed by atoms with E-state index in [9.17, 15) is 4.79 Å². The van der Waals surface area contributed by atoms with Gasteiger partial charge in [0.1, 0.15) is 13.2 Å². The molecule has 1 N–H and O–H groups in total. The van der Waals surface area contributed by atoms with Crippen molar-refractivity contribution in [3.8, 4) is 11.5 Å². The summed E-state index contributed by atoms with van der Waals surface area (Å²) in [6.07, 6.45) is 0.287. The largest absolute Gasteiger partial charge is 0.486 e. The van der Waals surface area contributed by atoms with E-state index >= 15 is 0 Å². The molecule has 4 nitrogen and oxygen atoms in total. The molecule has 1 atom stereocenters. The van der Waals surface area contributed by atoms with Crippen molar-refractivity contribution in [3.05, 3.63) is 44.6 Å². The van der Waals surface area contributed by atoms with E-state index in [1.54, 1.807) is 11.3 Å². The third-order valence-electron chi connectivity index (χ3n) is 4.06. The highest BCUT2D eigenvalue weighted by atomic mass is 79.9. The number of ether oxygens (including phenoxy) is 2. The quantitative estimate of drug-likeness (QED) is 0.772. The molecule has 2 heterocycles. The molecule has 1 aliphatic rings. The van der Waals surface area contributed by atoms with Crippen LogP contribution in [-0.2, 0) is 11.2 Å². The first-order chi connectivity index (χ1) is 11.8. The number of halogens is 1. The van der Waals surface area contributed by atoms with E-state index in [0.717, 1.165) is 10.0 Å². The Kier molecular flexibility index (Phi) is 5.39. The van der Waals surface area contributed by atoms with E-state index in [2.05, 4.69) is 48.1 Å². The smallest absolute Gasteiger partial charge is 0.224 e. The number of amides is 1. The van der Waals surface area contributed by atoms with Crippen LogP contribution >= 0.6 is 27.3 Å². The summed E-state index contributed by atoms with van der Waals surface area (Å²) in [5, 5.41) is 5.23. The molecule has 0 saturated carbocycles.